The van der Waals surface area contributed by atoms with E-state index in [-0.39, 0.29) is 31.1 Å². The van der Waals surface area contributed by atoms with E-state index in [0.717, 1.165) is 141 Å². The molecule has 388 valence electrons. The molecule has 0 rings (SSSR count). The zero-order chi connectivity index (χ0) is 49.3. The van der Waals surface area contributed by atoms with Crippen LogP contribution in [0.1, 0.15) is 258 Å². The van der Waals surface area contributed by atoms with Gasteiger partial charge in [-0.3, -0.25) is 14.4 Å². The molecule has 0 saturated carbocycles. The van der Waals surface area contributed by atoms with Gasteiger partial charge in [-0.2, -0.15) is 0 Å². The van der Waals surface area contributed by atoms with Gasteiger partial charge in [-0.1, -0.05) is 221 Å². The SMILES string of the molecule is CC/C=C\C/C=C\C/C=C\C/C=C\C/C=C\C/C=C\CCCCCCCCC(=O)OCC(COC(=O)CCCCCCC/C=C\CCC)OC(=O)CCCCCCC/C=C\CCCCCCCC. The first-order valence-electron chi connectivity index (χ1n) is 28.2. The van der Waals surface area contributed by atoms with Crippen LogP contribution in [0.2, 0.25) is 0 Å². The van der Waals surface area contributed by atoms with Crippen LogP contribution < -0.4 is 0 Å². The third-order valence-corrected chi connectivity index (χ3v) is 11.8. The lowest BCUT2D eigenvalue weighted by atomic mass is 10.1. The lowest BCUT2D eigenvalue weighted by Crippen LogP contribution is -2.30. The smallest absolute Gasteiger partial charge is 0.306 e. The molecule has 0 bridgehead atoms. The molecule has 0 aromatic rings. The van der Waals surface area contributed by atoms with Crippen LogP contribution in [0.5, 0.6) is 0 Å². The van der Waals surface area contributed by atoms with Gasteiger partial charge in [0, 0.05) is 19.3 Å². The molecule has 6 nitrogen and oxygen atoms in total. The molecule has 1 atom stereocenters. The summed E-state index contributed by atoms with van der Waals surface area (Å²) in [5.74, 6) is -0.923. The number of esters is 3. The van der Waals surface area contributed by atoms with Gasteiger partial charge in [0.05, 0.1) is 0 Å². The Hall–Kier alpha value is -3.67. The molecule has 0 aliphatic carbocycles. The van der Waals surface area contributed by atoms with Gasteiger partial charge in [0.25, 0.3) is 0 Å². The minimum absolute atomic E-state index is 0.0904. The van der Waals surface area contributed by atoms with E-state index < -0.39 is 6.10 Å². The van der Waals surface area contributed by atoms with Gasteiger partial charge in [0.1, 0.15) is 13.2 Å². The van der Waals surface area contributed by atoms with E-state index >= 15 is 0 Å². The maximum absolute atomic E-state index is 12.8. The second kappa shape index (κ2) is 55.9. The summed E-state index contributed by atoms with van der Waals surface area (Å²) in [7, 11) is 0. The number of carbonyl (C=O) groups excluding carboxylic acids is 3. The van der Waals surface area contributed by atoms with E-state index in [9.17, 15) is 14.4 Å². The van der Waals surface area contributed by atoms with Crippen LogP contribution in [0.15, 0.2) is 97.2 Å². The van der Waals surface area contributed by atoms with Crippen molar-refractivity contribution in [3.05, 3.63) is 97.2 Å². The van der Waals surface area contributed by atoms with Crippen molar-refractivity contribution in [3.8, 4) is 0 Å². The molecule has 0 fully saturated rings. The fourth-order valence-corrected chi connectivity index (χ4v) is 7.56. The normalized spacial score (nSPS) is 12.8. The van der Waals surface area contributed by atoms with Crippen LogP contribution >= 0.6 is 0 Å². The summed E-state index contributed by atoms with van der Waals surface area (Å²) in [5, 5.41) is 0. The number of hydrogen-bond donors (Lipinski definition) is 0. The van der Waals surface area contributed by atoms with E-state index in [1.807, 2.05) is 0 Å². The summed E-state index contributed by atoms with van der Waals surface area (Å²) in [5.41, 5.74) is 0. The summed E-state index contributed by atoms with van der Waals surface area (Å²) in [6, 6.07) is 0. The average molecular weight is 946 g/mol. The summed E-state index contributed by atoms with van der Waals surface area (Å²) in [6.45, 7) is 6.43. The first-order chi connectivity index (χ1) is 33.5. The summed E-state index contributed by atoms with van der Waals surface area (Å²) in [6.07, 6.45) is 74.0. The molecule has 0 N–H and O–H groups in total. The van der Waals surface area contributed by atoms with Crippen LogP contribution in [-0.4, -0.2) is 37.2 Å². The molecule has 0 saturated heterocycles. The second-order valence-electron chi connectivity index (χ2n) is 18.5. The van der Waals surface area contributed by atoms with E-state index in [1.54, 1.807) is 0 Å². The van der Waals surface area contributed by atoms with E-state index in [2.05, 4.69) is 118 Å². The van der Waals surface area contributed by atoms with Gasteiger partial charge in [0.15, 0.2) is 6.10 Å². The number of carbonyl (C=O) groups is 3. The van der Waals surface area contributed by atoms with Gasteiger partial charge in [0.2, 0.25) is 0 Å². The molecule has 0 heterocycles. The monoisotopic (exact) mass is 945 g/mol. The van der Waals surface area contributed by atoms with Crippen molar-refractivity contribution < 1.29 is 28.6 Å². The predicted molar refractivity (Wildman–Crippen MR) is 293 cm³/mol. The Bertz CT molecular complexity index is 1360. The summed E-state index contributed by atoms with van der Waals surface area (Å²) >= 11 is 0. The first-order valence-corrected chi connectivity index (χ1v) is 28.2. The van der Waals surface area contributed by atoms with Gasteiger partial charge in [-0.15, -0.1) is 0 Å². The highest BCUT2D eigenvalue weighted by Crippen LogP contribution is 2.14. The third-order valence-electron chi connectivity index (χ3n) is 11.8. The van der Waals surface area contributed by atoms with E-state index in [0.29, 0.717) is 19.3 Å². The molecule has 0 spiro atoms. The van der Waals surface area contributed by atoms with Crippen molar-refractivity contribution in [2.24, 2.45) is 0 Å². The number of allylic oxidation sites excluding steroid dienone is 16. The van der Waals surface area contributed by atoms with Gasteiger partial charge in [-0.05, 0) is 116 Å². The van der Waals surface area contributed by atoms with E-state index in [1.165, 1.54) is 77.0 Å². The molecule has 0 radical (unpaired) electrons. The Kier molecular flexibility index (Phi) is 52.9. The Labute approximate surface area is 419 Å². The third kappa shape index (κ3) is 53.3. The molecule has 68 heavy (non-hydrogen) atoms. The molecule has 0 aromatic carbocycles. The highest BCUT2D eigenvalue weighted by atomic mass is 16.6. The van der Waals surface area contributed by atoms with E-state index in [4.69, 9.17) is 14.2 Å². The Balaban J connectivity index is 4.33. The number of ether oxygens (including phenoxy) is 3. The summed E-state index contributed by atoms with van der Waals surface area (Å²) < 4.78 is 16.8. The van der Waals surface area contributed by atoms with Crippen LogP contribution in [0.4, 0.5) is 0 Å². The molecular formula is C62H104O6. The van der Waals surface area contributed by atoms with Crippen molar-refractivity contribution in [2.45, 2.75) is 264 Å². The lowest BCUT2D eigenvalue weighted by Gasteiger charge is -2.18. The summed E-state index contributed by atoms with van der Waals surface area (Å²) in [4.78, 5) is 38.0. The van der Waals surface area contributed by atoms with Crippen LogP contribution in [0.3, 0.4) is 0 Å². The topological polar surface area (TPSA) is 78.9 Å². The van der Waals surface area contributed by atoms with Gasteiger partial charge >= 0.3 is 17.9 Å². The minimum Gasteiger partial charge on any atom is -0.462 e. The first kappa shape index (κ1) is 64.3. The van der Waals surface area contributed by atoms with Gasteiger partial charge in [-0.25, -0.2) is 0 Å². The van der Waals surface area contributed by atoms with Crippen molar-refractivity contribution >= 4 is 17.9 Å². The number of unbranched alkanes of at least 4 members (excludes halogenated alkanes) is 23. The highest BCUT2D eigenvalue weighted by molar-refractivity contribution is 5.71. The standard InChI is InChI=1S/C62H104O6/c1-4-7-10-13-16-19-22-24-26-27-28-29-30-31-32-33-34-35-37-38-40-43-46-49-52-55-61(64)67-58-59(57-66-60(63)54-51-48-45-42-21-18-15-12-9-6-3)68-62(65)56-53-50-47-44-41-39-36-25-23-20-17-14-11-8-5-2/h7,10,12,15-16,19,24-26,28-29,31-32,34-36,59H,4-6,8-9,11,13-14,17-18,20-23,27,30,33,37-58H2,1-3H3/b10-7-,15-12-,19-16-,26-24-,29-28-,32-31-,35-34-,36-25-. The van der Waals surface area contributed by atoms with Gasteiger partial charge < -0.3 is 14.2 Å². The number of hydrogen-bond acceptors (Lipinski definition) is 6. The largest absolute Gasteiger partial charge is 0.462 e. The minimum atomic E-state index is -0.791. The fraction of sp³-hybridized carbons (Fsp3) is 0.694. The quantitative estimate of drug-likeness (QED) is 0.0262. The number of rotatable bonds is 50. The zero-order valence-electron chi connectivity index (χ0n) is 44.3. The zero-order valence-corrected chi connectivity index (χ0v) is 44.3. The Morgan fingerprint density at radius 3 is 0.971 bits per heavy atom. The van der Waals surface area contributed by atoms with Crippen molar-refractivity contribution in [3.63, 3.8) is 0 Å². The maximum atomic E-state index is 12.8. The molecule has 0 aliphatic rings. The fourth-order valence-electron chi connectivity index (χ4n) is 7.56. The Morgan fingerprint density at radius 2 is 0.603 bits per heavy atom. The van der Waals surface area contributed by atoms with Crippen molar-refractivity contribution in [1.82, 2.24) is 0 Å². The molecule has 0 aliphatic heterocycles. The molecule has 1 unspecified atom stereocenters. The molecule has 0 aromatic heterocycles. The van der Waals surface area contributed by atoms with Crippen LogP contribution in [0, 0.1) is 0 Å². The second-order valence-corrected chi connectivity index (χ2v) is 18.5. The molecular weight excluding hydrogens is 841 g/mol. The molecule has 0 amide bonds. The van der Waals surface area contributed by atoms with Crippen molar-refractivity contribution in [1.29, 1.82) is 0 Å². The predicted octanol–water partition coefficient (Wildman–Crippen LogP) is 18.9. The Morgan fingerprint density at radius 1 is 0.309 bits per heavy atom. The van der Waals surface area contributed by atoms with Crippen LogP contribution in [-0.2, 0) is 28.6 Å². The average Bonchev–Trinajstić information content (AvgIpc) is 3.34. The lowest BCUT2D eigenvalue weighted by molar-refractivity contribution is -0.167. The van der Waals surface area contributed by atoms with Crippen LogP contribution in [0.25, 0.3) is 0 Å². The highest BCUT2D eigenvalue weighted by Gasteiger charge is 2.19. The van der Waals surface area contributed by atoms with Crippen molar-refractivity contribution in [2.75, 3.05) is 13.2 Å². The molecule has 6 heteroatoms. The maximum Gasteiger partial charge on any atom is 0.306 e.